The SMILES string of the molecule is CN(C)C1CC2CCN(C2)C1. The molecule has 0 aromatic heterocycles. The summed E-state index contributed by atoms with van der Waals surface area (Å²) in [7, 11) is 4.41. The van der Waals surface area contributed by atoms with E-state index in [0.717, 1.165) is 12.0 Å². The summed E-state index contributed by atoms with van der Waals surface area (Å²) in [6.07, 6.45) is 2.88. The molecule has 2 fully saturated rings. The van der Waals surface area contributed by atoms with Crippen LogP contribution in [0.4, 0.5) is 0 Å². The van der Waals surface area contributed by atoms with Crippen LogP contribution in [0.2, 0.25) is 0 Å². The van der Waals surface area contributed by atoms with Crippen molar-refractivity contribution in [2.45, 2.75) is 18.9 Å². The lowest BCUT2D eigenvalue weighted by Crippen LogP contribution is -2.44. The Kier molecular flexibility index (Phi) is 1.90. The van der Waals surface area contributed by atoms with E-state index in [2.05, 4.69) is 23.9 Å². The first-order valence-corrected chi connectivity index (χ1v) is 4.64. The van der Waals surface area contributed by atoms with E-state index in [1.807, 2.05) is 0 Å². The maximum Gasteiger partial charge on any atom is 0.0220 e. The lowest BCUT2D eigenvalue weighted by atomic mass is 9.96. The van der Waals surface area contributed by atoms with Gasteiger partial charge >= 0.3 is 0 Å². The molecule has 2 bridgehead atoms. The van der Waals surface area contributed by atoms with Gasteiger partial charge in [-0.25, -0.2) is 0 Å². The van der Waals surface area contributed by atoms with Gasteiger partial charge in [0.1, 0.15) is 0 Å². The van der Waals surface area contributed by atoms with E-state index in [9.17, 15) is 0 Å². The first-order valence-electron chi connectivity index (χ1n) is 4.64. The van der Waals surface area contributed by atoms with Gasteiger partial charge in [-0.1, -0.05) is 0 Å². The third kappa shape index (κ3) is 1.42. The number of rotatable bonds is 1. The molecule has 0 aromatic rings. The van der Waals surface area contributed by atoms with E-state index in [4.69, 9.17) is 0 Å². The lowest BCUT2D eigenvalue weighted by molar-refractivity contribution is 0.149. The molecule has 2 aliphatic rings. The molecule has 3 atom stereocenters. The van der Waals surface area contributed by atoms with Gasteiger partial charge in [0, 0.05) is 19.1 Å². The normalized spacial score (nSPS) is 43.4. The first-order chi connectivity index (χ1) is 5.25. The minimum atomic E-state index is 0.830. The third-order valence-corrected chi connectivity index (χ3v) is 3.17. The predicted octanol–water partition coefficient (Wildman–Crippen LogP) is 0.642. The van der Waals surface area contributed by atoms with Crippen molar-refractivity contribution in [2.24, 2.45) is 5.92 Å². The molecule has 0 aromatic carbocycles. The summed E-state index contributed by atoms with van der Waals surface area (Å²) in [5.74, 6) is 1.01. The van der Waals surface area contributed by atoms with E-state index in [-0.39, 0.29) is 0 Å². The second-order valence-corrected chi connectivity index (χ2v) is 4.27. The Morgan fingerprint density at radius 3 is 2.73 bits per heavy atom. The van der Waals surface area contributed by atoms with Crippen molar-refractivity contribution in [3.63, 3.8) is 0 Å². The predicted molar refractivity (Wildman–Crippen MR) is 46.6 cm³/mol. The van der Waals surface area contributed by atoms with E-state index in [1.165, 1.54) is 32.5 Å². The fourth-order valence-corrected chi connectivity index (χ4v) is 2.40. The van der Waals surface area contributed by atoms with Crippen molar-refractivity contribution < 1.29 is 0 Å². The highest BCUT2D eigenvalue weighted by Gasteiger charge is 2.32. The van der Waals surface area contributed by atoms with Crippen molar-refractivity contribution in [2.75, 3.05) is 33.7 Å². The van der Waals surface area contributed by atoms with Crippen LogP contribution < -0.4 is 0 Å². The fourth-order valence-electron chi connectivity index (χ4n) is 2.40. The van der Waals surface area contributed by atoms with Crippen LogP contribution in [0, 0.1) is 5.92 Å². The largest absolute Gasteiger partial charge is 0.305 e. The summed E-state index contributed by atoms with van der Waals surface area (Å²) >= 11 is 0. The Balaban J connectivity index is 1.97. The summed E-state index contributed by atoms with van der Waals surface area (Å²) in [4.78, 5) is 4.99. The quantitative estimate of drug-likeness (QED) is 0.547. The Labute approximate surface area is 69.2 Å². The molecule has 3 unspecified atom stereocenters. The first kappa shape index (κ1) is 7.56. The second-order valence-electron chi connectivity index (χ2n) is 4.27. The number of hydrogen-bond acceptors (Lipinski definition) is 2. The van der Waals surface area contributed by atoms with Gasteiger partial charge in [0.05, 0.1) is 0 Å². The Hall–Kier alpha value is -0.0800. The van der Waals surface area contributed by atoms with Crippen LogP contribution in [0.1, 0.15) is 12.8 Å². The Bertz CT molecular complexity index is 132. The summed E-state index contributed by atoms with van der Waals surface area (Å²) < 4.78 is 0. The third-order valence-electron chi connectivity index (χ3n) is 3.17. The molecule has 2 aliphatic heterocycles. The highest BCUT2D eigenvalue weighted by molar-refractivity contribution is 4.88. The summed E-state index contributed by atoms with van der Waals surface area (Å²) in [6.45, 7) is 4.04. The van der Waals surface area contributed by atoms with Crippen molar-refractivity contribution in [3.8, 4) is 0 Å². The minimum absolute atomic E-state index is 0.830. The number of hydrogen-bond donors (Lipinski definition) is 0. The van der Waals surface area contributed by atoms with E-state index in [1.54, 1.807) is 0 Å². The Morgan fingerprint density at radius 1 is 1.27 bits per heavy atom. The summed E-state index contributed by atoms with van der Waals surface area (Å²) in [5.41, 5.74) is 0. The molecule has 2 saturated heterocycles. The van der Waals surface area contributed by atoms with Crippen LogP contribution in [0.3, 0.4) is 0 Å². The lowest BCUT2D eigenvalue weighted by Gasteiger charge is -2.34. The molecule has 2 heterocycles. The van der Waals surface area contributed by atoms with Crippen molar-refractivity contribution in [1.29, 1.82) is 0 Å². The molecule has 0 amide bonds. The molecular weight excluding hydrogens is 136 g/mol. The average Bonchev–Trinajstić information content (AvgIpc) is 2.30. The van der Waals surface area contributed by atoms with Gasteiger partial charge in [-0.3, -0.25) is 0 Å². The van der Waals surface area contributed by atoms with E-state index < -0.39 is 0 Å². The van der Waals surface area contributed by atoms with Gasteiger partial charge in [-0.2, -0.15) is 0 Å². The van der Waals surface area contributed by atoms with Crippen LogP contribution in [0.25, 0.3) is 0 Å². The van der Waals surface area contributed by atoms with E-state index >= 15 is 0 Å². The zero-order valence-electron chi connectivity index (χ0n) is 7.58. The molecule has 2 heteroatoms. The molecule has 0 saturated carbocycles. The van der Waals surface area contributed by atoms with Crippen LogP contribution in [-0.2, 0) is 0 Å². The van der Waals surface area contributed by atoms with Crippen LogP contribution in [0.15, 0.2) is 0 Å². The molecule has 64 valence electrons. The molecule has 11 heavy (non-hydrogen) atoms. The van der Waals surface area contributed by atoms with Gasteiger partial charge < -0.3 is 9.80 Å². The zero-order chi connectivity index (χ0) is 7.84. The van der Waals surface area contributed by atoms with Gasteiger partial charge in [0.15, 0.2) is 0 Å². The van der Waals surface area contributed by atoms with Gasteiger partial charge in [-0.05, 0) is 39.4 Å². The number of fused-ring (bicyclic) bond motifs is 2. The molecule has 0 N–H and O–H groups in total. The van der Waals surface area contributed by atoms with Crippen molar-refractivity contribution in [1.82, 2.24) is 9.80 Å². The standard InChI is InChI=1S/C9H18N2/c1-10(2)9-5-8-3-4-11(6-8)7-9/h8-9H,3-7H2,1-2H3. The van der Waals surface area contributed by atoms with Gasteiger partial charge in [-0.15, -0.1) is 0 Å². The maximum absolute atomic E-state index is 2.61. The monoisotopic (exact) mass is 154 g/mol. The smallest absolute Gasteiger partial charge is 0.0220 e. The highest BCUT2D eigenvalue weighted by Crippen LogP contribution is 2.28. The number of likely N-dealkylation sites (N-methyl/N-ethyl adjacent to an activating group) is 1. The van der Waals surface area contributed by atoms with Crippen LogP contribution in [-0.4, -0.2) is 49.6 Å². The zero-order valence-corrected chi connectivity index (χ0v) is 7.58. The molecular formula is C9H18N2. The summed E-state index contributed by atoms with van der Waals surface area (Å²) in [6, 6.07) is 0.830. The number of piperidine rings is 1. The second kappa shape index (κ2) is 2.76. The van der Waals surface area contributed by atoms with Gasteiger partial charge in [0.25, 0.3) is 0 Å². The fraction of sp³-hybridized carbons (Fsp3) is 1.00. The molecule has 0 radical (unpaired) electrons. The van der Waals surface area contributed by atoms with E-state index in [0.29, 0.717) is 0 Å². The highest BCUT2D eigenvalue weighted by atomic mass is 15.2. The topological polar surface area (TPSA) is 6.48 Å². The summed E-state index contributed by atoms with van der Waals surface area (Å²) in [5, 5.41) is 0. The molecule has 2 rings (SSSR count). The Morgan fingerprint density at radius 2 is 2.09 bits per heavy atom. The minimum Gasteiger partial charge on any atom is -0.305 e. The molecule has 2 nitrogen and oxygen atoms in total. The molecule has 0 aliphatic carbocycles. The van der Waals surface area contributed by atoms with Gasteiger partial charge in [0.2, 0.25) is 0 Å². The van der Waals surface area contributed by atoms with Crippen molar-refractivity contribution >= 4 is 0 Å². The van der Waals surface area contributed by atoms with Crippen molar-refractivity contribution in [3.05, 3.63) is 0 Å². The van der Waals surface area contributed by atoms with Crippen LogP contribution >= 0.6 is 0 Å². The molecule has 0 spiro atoms. The maximum atomic E-state index is 2.61. The number of nitrogens with zero attached hydrogens (tertiary/aromatic N) is 2. The van der Waals surface area contributed by atoms with Crippen LogP contribution in [0.5, 0.6) is 0 Å². The average molecular weight is 154 g/mol.